The molecule has 2 nitrogen and oxygen atoms in total. The van der Waals surface area contributed by atoms with Crippen molar-refractivity contribution in [1.82, 2.24) is 9.13 Å². The molecule has 25 heavy (non-hydrogen) atoms. The Kier molecular flexibility index (Phi) is 4.56. The average molecular weight is 509 g/mol. The van der Waals surface area contributed by atoms with Crippen LogP contribution in [0.1, 0.15) is 47.9 Å². The van der Waals surface area contributed by atoms with E-state index in [0.717, 1.165) is 0 Å². The van der Waals surface area contributed by atoms with Gasteiger partial charge in [-0.25, -0.2) is 4.57 Å². The molecule has 0 saturated heterocycles. The van der Waals surface area contributed by atoms with E-state index in [1.807, 2.05) is 0 Å². The number of rotatable bonds is 1. The van der Waals surface area contributed by atoms with Crippen LogP contribution in [0.25, 0.3) is 16.7 Å². The third-order valence-corrected chi connectivity index (χ3v) is 5.91. The molecule has 131 valence electrons. The molecule has 2 aliphatic carbocycles. The topological polar surface area (TPSA) is 9.86 Å². The summed E-state index contributed by atoms with van der Waals surface area (Å²) in [7, 11) is 2.16. The Bertz CT molecular complexity index is 939. The standard InChI is InChI=1S/C22H24N2.Ir/c1-23-15-24(19-12-10-16-6-2-3-8-18(16)14-19)22-20-9-5-4-7-17(20)11-13-21(22)23;/h10-11,13-15H,2-9H2,1H3;. The molecule has 0 saturated carbocycles. The Hall–Kier alpha value is -1.44. The Morgan fingerprint density at radius 1 is 0.920 bits per heavy atom. The van der Waals surface area contributed by atoms with E-state index in [9.17, 15) is 0 Å². The van der Waals surface area contributed by atoms with Crippen LogP contribution in [0.15, 0.2) is 30.6 Å². The number of benzene rings is 2. The largest absolute Gasteiger partial charge is 0.248 e. The second-order valence-corrected chi connectivity index (χ2v) is 7.45. The molecule has 0 spiro atoms. The summed E-state index contributed by atoms with van der Waals surface area (Å²) in [5.74, 6) is 0. The first kappa shape index (κ1) is 17.0. The van der Waals surface area contributed by atoms with E-state index < -0.39 is 0 Å². The SMILES string of the molecule is Cn1[cH+]n(-c2[c-]cc3c(c2)CCCC3)c2c3c(ccc21)CCCC3.[Ir]. The van der Waals surface area contributed by atoms with Gasteiger partial charge >= 0.3 is 0 Å². The molecule has 0 amide bonds. The maximum absolute atomic E-state index is 3.57. The minimum atomic E-state index is 0. The molecule has 1 heterocycles. The van der Waals surface area contributed by atoms with Crippen LogP contribution in [-0.2, 0) is 52.8 Å². The minimum Gasteiger partial charge on any atom is -0.248 e. The molecule has 0 bridgehead atoms. The van der Waals surface area contributed by atoms with Crippen molar-refractivity contribution in [2.24, 2.45) is 7.05 Å². The third kappa shape index (κ3) is 2.78. The van der Waals surface area contributed by atoms with E-state index in [-0.39, 0.29) is 20.1 Å². The molecule has 1 radical (unpaired) electrons. The molecule has 1 aromatic heterocycles. The fraction of sp³-hybridized carbons (Fsp3) is 0.409. The van der Waals surface area contributed by atoms with Gasteiger partial charge in [0.1, 0.15) is 0 Å². The zero-order valence-corrected chi connectivity index (χ0v) is 17.2. The monoisotopic (exact) mass is 509 g/mol. The van der Waals surface area contributed by atoms with E-state index in [0.29, 0.717) is 0 Å². The summed E-state index contributed by atoms with van der Waals surface area (Å²) in [5, 5.41) is 0. The smallest absolute Gasteiger partial charge is 0.192 e. The molecule has 3 heteroatoms. The second kappa shape index (κ2) is 6.70. The van der Waals surface area contributed by atoms with Gasteiger partial charge in [0.25, 0.3) is 0 Å². The van der Waals surface area contributed by atoms with Crippen LogP contribution in [0.4, 0.5) is 0 Å². The molecule has 5 rings (SSSR count). The first-order valence-corrected chi connectivity index (χ1v) is 9.36. The number of hydrogen-bond donors (Lipinski definition) is 0. The quantitative estimate of drug-likeness (QED) is 0.418. The van der Waals surface area contributed by atoms with Crippen molar-refractivity contribution in [2.75, 3.05) is 0 Å². The van der Waals surface area contributed by atoms with Crippen LogP contribution >= 0.6 is 0 Å². The van der Waals surface area contributed by atoms with Gasteiger partial charge in [-0.15, -0.1) is 11.6 Å². The zero-order valence-electron chi connectivity index (χ0n) is 14.8. The van der Waals surface area contributed by atoms with Crippen LogP contribution in [0, 0.1) is 6.07 Å². The molecule has 3 aromatic rings. The van der Waals surface area contributed by atoms with Crippen LogP contribution < -0.4 is 0 Å². The van der Waals surface area contributed by atoms with Gasteiger partial charge < -0.3 is 0 Å². The second-order valence-electron chi connectivity index (χ2n) is 7.45. The summed E-state index contributed by atoms with van der Waals surface area (Å²) in [6.07, 6.45) is 12.4. The average Bonchev–Trinajstić information content (AvgIpc) is 2.98. The number of aryl methyl sites for hydroxylation is 5. The molecular weight excluding hydrogens is 484 g/mol. The van der Waals surface area contributed by atoms with E-state index in [2.05, 4.69) is 52.8 Å². The molecular formula is C22H24IrN2. The van der Waals surface area contributed by atoms with Crippen molar-refractivity contribution >= 4 is 11.0 Å². The van der Waals surface area contributed by atoms with Crippen molar-refractivity contribution in [2.45, 2.75) is 51.4 Å². The number of nitrogens with zero attached hydrogens (tertiary/aromatic N) is 2. The number of imidazole rings is 1. The Balaban J connectivity index is 0.00000157. The molecule has 0 N–H and O–H groups in total. The predicted molar refractivity (Wildman–Crippen MR) is 98.8 cm³/mol. The summed E-state index contributed by atoms with van der Waals surface area (Å²) in [6.45, 7) is 0. The van der Waals surface area contributed by atoms with Crippen LogP contribution in [0.2, 0.25) is 0 Å². The van der Waals surface area contributed by atoms with Crippen molar-refractivity contribution < 1.29 is 20.1 Å². The third-order valence-electron chi connectivity index (χ3n) is 5.91. The van der Waals surface area contributed by atoms with E-state index in [1.165, 1.54) is 79.2 Å². The summed E-state index contributed by atoms with van der Waals surface area (Å²) >= 11 is 0. The fourth-order valence-corrected chi connectivity index (χ4v) is 4.61. The molecule has 2 aliphatic rings. The first-order valence-electron chi connectivity index (χ1n) is 9.36. The fourth-order valence-electron chi connectivity index (χ4n) is 4.61. The van der Waals surface area contributed by atoms with E-state index >= 15 is 0 Å². The Morgan fingerprint density at radius 3 is 2.48 bits per heavy atom. The first-order chi connectivity index (χ1) is 11.8. The maximum atomic E-state index is 3.57. The van der Waals surface area contributed by atoms with E-state index in [1.54, 1.807) is 11.1 Å². The van der Waals surface area contributed by atoms with E-state index in [4.69, 9.17) is 0 Å². The van der Waals surface area contributed by atoms with Gasteiger partial charge in [0, 0.05) is 44.5 Å². The van der Waals surface area contributed by atoms with Gasteiger partial charge in [-0.3, -0.25) is 0 Å². The van der Waals surface area contributed by atoms with Crippen molar-refractivity contribution in [3.05, 3.63) is 58.9 Å². The molecule has 2 aromatic carbocycles. The van der Waals surface area contributed by atoms with Gasteiger partial charge in [0.2, 0.25) is 0 Å². The van der Waals surface area contributed by atoms with Gasteiger partial charge in [-0.05, 0) is 43.7 Å². The molecule has 0 aliphatic heterocycles. The number of fused-ring (bicyclic) bond motifs is 4. The van der Waals surface area contributed by atoms with Crippen LogP contribution in [0.3, 0.4) is 0 Å². The molecule has 0 atom stereocenters. The number of hydrogen-bond acceptors (Lipinski definition) is 0. The van der Waals surface area contributed by atoms with Crippen molar-refractivity contribution in [1.29, 1.82) is 0 Å². The van der Waals surface area contributed by atoms with Crippen molar-refractivity contribution in [3.63, 3.8) is 0 Å². The molecule has 0 unspecified atom stereocenters. The predicted octanol–water partition coefficient (Wildman–Crippen LogP) is 4.81. The summed E-state index contributed by atoms with van der Waals surface area (Å²) in [5.41, 5.74) is 10.1. The molecule has 0 fully saturated rings. The Labute approximate surface area is 163 Å². The summed E-state index contributed by atoms with van der Waals surface area (Å²) in [6, 6.07) is 12.8. The van der Waals surface area contributed by atoms with Gasteiger partial charge in [0.15, 0.2) is 17.4 Å². The van der Waals surface area contributed by atoms with Gasteiger partial charge in [-0.2, -0.15) is 16.2 Å². The number of aromatic nitrogens is 2. The summed E-state index contributed by atoms with van der Waals surface area (Å²) < 4.78 is 4.64. The zero-order chi connectivity index (χ0) is 16.1. The normalized spacial score (nSPS) is 16.2. The minimum absolute atomic E-state index is 0. The maximum Gasteiger partial charge on any atom is 0.192 e. The van der Waals surface area contributed by atoms with Crippen LogP contribution in [0.5, 0.6) is 0 Å². The van der Waals surface area contributed by atoms with Gasteiger partial charge in [0.05, 0.1) is 0 Å². The van der Waals surface area contributed by atoms with Crippen molar-refractivity contribution in [3.8, 4) is 5.69 Å². The Morgan fingerprint density at radius 2 is 1.64 bits per heavy atom. The van der Waals surface area contributed by atoms with Gasteiger partial charge in [-0.1, -0.05) is 25.3 Å². The van der Waals surface area contributed by atoms with Crippen LogP contribution in [-0.4, -0.2) is 9.13 Å². The summed E-state index contributed by atoms with van der Waals surface area (Å²) in [4.78, 5) is 0.